The number of fused-ring (bicyclic) bond motifs is 1. The Balaban J connectivity index is 2.19. The highest BCUT2D eigenvalue weighted by Crippen LogP contribution is 2.35. The van der Waals surface area contributed by atoms with Gasteiger partial charge in [-0.2, -0.15) is 0 Å². The zero-order chi connectivity index (χ0) is 14.1. The number of ketones is 1. The van der Waals surface area contributed by atoms with E-state index in [1.54, 1.807) is 6.92 Å². The SMILES string of the molecule is CC(=O)c1ccccc1C1=C(C)c2ccccc2CO1. The van der Waals surface area contributed by atoms with E-state index in [-0.39, 0.29) is 5.78 Å². The molecule has 0 saturated heterocycles. The van der Waals surface area contributed by atoms with E-state index in [2.05, 4.69) is 12.1 Å². The molecule has 100 valence electrons. The summed E-state index contributed by atoms with van der Waals surface area (Å²) in [6.07, 6.45) is 0. The van der Waals surface area contributed by atoms with Crippen LogP contribution in [0.25, 0.3) is 11.3 Å². The molecular formula is C18H16O2. The van der Waals surface area contributed by atoms with Crippen molar-refractivity contribution >= 4 is 17.1 Å². The zero-order valence-electron chi connectivity index (χ0n) is 11.6. The molecule has 0 atom stereocenters. The quantitative estimate of drug-likeness (QED) is 0.756. The lowest BCUT2D eigenvalue weighted by atomic mass is 9.93. The lowest BCUT2D eigenvalue weighted by Gasteiger charge is -2.23. The van der Waals surface area contributed by atoms with Crippen LogP contribution in [0.3, 0.4) is 0 Å². The van der Waals surface area contributed by atoms with E-state index in [4.69, 9.17) is 4.74 Å². The van der Waals surface area contributed by atoms with Gasteiger partial charge in [-0.25, -0.2) is 0 Å². The van der Waals surface area contributed by atoms with E-state index in [1.165, 1.54) is 11.1 Å². The van der Waals surface area contributed by atoms with Gasteiger partial charge in [-0.3, -0.25) is 4.79 Å². The summed E-state index contributed by atoms with van der Waals surface area (Å²) in [6, 6.07) is 15.8. The van der Waals surface area contributed by atoms with E-state index in [0.717, 1.165) is 16.9 Å². The molecule has 1 aliphatic heterocycles. The van der Waals surface area contributed by atoms with Gasteiger partial charge in [-0.1, -0.05) is 48.5 Å². The maximum Gasteiger partial charge on any atom is 0.160 e. The van der Waals surface area contributed by atoms with Crippen molar-refractivity contribution in [2.24, 2.45) is 0 Å². The minimum absolute atomic E-state index is 0.0587. The summed E-state index contributed by atoms with van der Waals surface area (Å²) in [5.74, 6) is 0.873. The van der Waals surface area contributed by atoms with Crippen LogP contribution in [0, 0.1) is 0 Å². The molecule has 0 aromatic heterocycles. The summed E-state index contributed by atoms with van der Waals surface area (Å²) in [5.41, 5.74) is 5.06. The Morgan fingerprint density at radius 3 is 2.40 bits per heavy atom. The van der Waals surface area contributed by atoms with Gasteiger partial charge in [0.15, 0.2) is 5.78 Å². The Hall–Kier alpha value is -2.35. The zero-order valence-corrected chi connectivity index (χ0v) is 11.6. The Labute approximate surface area is 118 Å². The number of benzene rings is 2. The number of allylic oxidation sites excluding steroid dienone is 1. The van der Waals surface area contributed by atoms with Crippen LogP contribution >= 0.6 is 0 Å². The van der Waals surface area contributed by atoms with E-state index in [0.29, 0.717) is 12.2 Å². The summed E-state index contributed by atoms with van der Waals surface area (Å²) in [7, 11) is 0. The van der Waals surface area contributed by atoms with Gasteiger partial charge in [-0.15, -0.1) is 0 Å². The molecular weight excluding hydrogens is 248 g/mol. The van der Waals surface area contributed by atoms with Crippen molar-refractivity contribution < 1.29 is 9.53 Å². The van der Waals surface area contributed by atoms with Crippen molar-refractivity contribution in [3.8, 4) is 0 Å². The highest BCUT2D eigenvalue weighted by Gasteiger charge is 2.20. The number of carbonyl (C=O) groups is 1. The van der Waals surface area contributed by atoms with E-state index < -0.39 is 0 Å². The summed E-state index contributed by atoms with van der Waals surface area (Å²) >= 11 is 0. The van der Waals surface area contributed by atoms with Gasteiger partial charge in [0.25, 0.3) is 0 Å². The Morgan fingerprint density at radius 1 is 1.00 bits per heavy atom. The molecule has 1 heterocycles. The van der Waals surface area contributed by atoms with Crippen LogP contribution in [-0.2, 0) is 11.3 Å². The van der Waals surface area contributed by atoms with Crippen molar-refractivity contribution in [2.45, 2.75) is 20.5 Å². The van der Waals surface area contributed by atoms with Gasteiger partial charge in [0, 0.05) is 11.1 Å². The summed E-state index contributed by atoms with van der Waals surface area (Å²) in [4.78, 5) is 11.8. The van der Waals surface area contributed by atoms with E-state index in [9.17, 15) is 4.79 Å². The number of hydrogen-bond acceptors (Lipinski definition) is 2. The fraction of sp³-hybridized carbons (Fsp3) is 0.167. The van der Waals surface area contributed by atoms with Gasteiger partial charge in [0.05, 0.1) is 0 Å². The molecule has 0 unspecified atom stereocenters. The van der Waals surface area contributed by atoms with Crippen LogP contribution in [-0.4, -0.2) is 5.78 Å². The predicted octanol–water partition coefficient (Wildman–Crippen LogP) is 4.31. The van der Waals surface area contributed by atoms with Crippen molar-refractivity contribution in [1.82, 2.24) is 0 Å². The predicted molar refractivity (Wildman–Crippen MR) is 80.2 cm³/mol. The molecule has 20 heavy (non-hydrogen) atoms. The van der Waals surface area contributed by atoms with Gasteiger partial charge in [0.2, 0.25) is 0 Å². The molecule has 0 bridgehead atoms. The highest BCUT2D eigenvalue weighted by atomic mass is 16.5. The molecule has 3 rings (SSSR count). The minimum Gasteiger partial charge on any atom is -0.488 e. The van der Waals surface area contributed by atoms with Crippen molar-refractivity contribution in [2.75, 3.05) is 0 Å². The Kier molecular flexibility index (Phi) is 3.15. The molecule has 2 aromatic rings. The second-order valence-corrected chi connectivity index (χ2v) is 5.00. The van der Waals surface area contributed by atoms with Crippen LogP contribution in [0.2, 0.25) is 0 Å². The smallest absolute Gasteiger partial charge is 0.160 e. The largest absolute Gasteiger partial charge is 0.488 e. The number of ether oxygens (including phenoxy) is 1. The van der Waals surface area contributed by atoms with Crippen LogP contribution < -0.4 is 0 Å². The normalized spacial score (nSPS) is 13.7. The van der Waals surface area contributed by atoms with E-state index in [1.807, 2.05) is 43.3 Å². The Bertz CT molecular complexity index is 711. The second-order valence-electron chi connectivity index (χ2n) is 5.00. The van der Waals surface area contributed by atoms with Crippen molar-refractivity contribution in [3.63, 3.8) is 0 Å². The fourth-order valence-electron chi connectivity index (χ4n) is 2.66. The average Bonchev–Trinajstić information content (AvgIpc) is 2.48. The summed E-state index contributed by atoms with van der Waals surface area (Å²) in [6.45, 7) is 4.19. The summed E-state index contributed by atoms with van der Waals surface area (Å²) in [5, 5.41) is 0. The molecule has 1 aliphatic rings. The van der Waals surface area contributed by atoms with Gasteiger partial charge in [-0.05, 0) is 30.5 Å². The van der Waals surface area contributed by atoms with Gasteiger partial charge < -0.3 is 4.74 Å². The Morgan fingerprint density at radius 2 is 1.65 bits per heavy atom. The number of carbonyl (C=O) groups excluding carboxylic acids is 1. The monoisotopic (exact) mass is 264 g/mol. The standard InChI is InChI=1S/C18H16O2/c1-12-15-8-4-3-7-14(15)11-20-18(12)17-10-6-5-9-16(17)13(2)19/h3-10H,11H2,1-2H3. The number of hydrogen-bond donors (Lipinski definition) is 0. The lowest BCUT2D eigenvalue weighted by molar-refractivity contribution is 0.101. The third-order valence-electron chi connectivity index (χ3n) is 3.68. The van der Waals surface area contributed by atoms with Gasteiger partial charge >= 0.3 is 0 Å². The number of rotatable bonds is 2. The maximum atomic E-state index is 11.8. The first-order valence-corrected chi connectivity index (χ1v) is 6.71. The van der Waals surface area contributed by atoms with Gasteiger partial charge in [0.1, 0.15) is 12.4 Å². The summed E-state index contributed by atoms with van der Waals surface area (Å²) < 4.78 is 5.92. The van der Waals surface area contributed by atoms with Crippen LogP contribution in [0.1, 0.15) is 40.9 Å². The molecule has 2 aromatic carbocycles. The van der Waals surface area contributed by atoms with E-state index >= 15 is 0 Å². The van der Waals surface area contributed by atoms with Crippen molar-refractivity contribution in [3.05, 3.63) is 70.8 Å². The minimum atomic E-state index is 0.0587. The first kappa shape index (κ1) is 12.7. The third-order valence-corrected chi connectivity index (χ3v) is 3.68. The molecule has 0 fully saturated rings. The molecule has 0 amide bonds. The molecule has 0 saturated carbocycles. The fourth-order valence-corrected chi connectivity index (χ4v) is 2.66. The average molecular weight is 264 g/mol. The topological polar surface area (TPSA) is 26.3 Å². The molecule has 2 heteroatoms. The molecule has 2 nitrogen and oxygen atoms in total. The first-order chi connectivity index (χ1) is 9.68. The highest BCUT2D eigenvalue weighted by molar-refractivity contribution is 6.01. The molecule has 0 radical (unpaired) electrons. The van der Waals surface area contributed by atoms with Crippen molar-refractivity contribution in [1.29, 1.82) is 0 Å². The number of Topliss-reactive ketones (excluding diaryl/α,β-unsaturated/α-hetero) is 1. The van der Waals surface area contributed by atoms with Crippen LogP contribution in [0.4, 0.5) is 0 Å². The molecule has 0 N–H and O–H groups in total. The van der Waals surface area contributed by atoms with Crippen LogP contribution in [0.5, 0.6) is 0 Å². The maximum absolute atomic E-state index is 11.8. The lowest BCUT2D eigenvalue weighted by Crippen LogP contribution is -2.08. The molecule has 0 aliphatic carbocycles. The third kappa shape index (κ3) is 2.03. The van der Waals surface area contributed by atoms with Crippen LogP contribution in [0.15, 0.2) is 48.5 Å². The first-order valence-electron chi connectivity index (χ1n) is 6.71. The molecule has 0 spiro atoms. The second kappa shape index (κ2) is 4.97.